The minimum absolute atomic E-state index is 0.0245. The maximum absolute atomic E-state index is 12.3. The van der Waals surface area contributed by atoms with E-state index in [2.05, 4.69) is 4.90 Å². The molecule has 0 aromatic rings. The van der Waals surface area contributed by atoms with Crippen molar-refractivity contribution < 1.29 is 23.1 Å². The van der Waals surface area contributed by atoms with Crippen LogP contribution in [0.15, 0.2) is 0 Å². The molecule has 0 bridgehead atoms. The fraction of sp³-hybridized carbons (Fsp3) is 0.875. The van der Waals surface area contributed by atoms with E-state index in [4.69, 9.17) is 5.11 Å². The third-order valence-electron chi connectivity index (χ3n) is 5.59. The van der Waals surface area contributed by atoms with Gasteiger partial charge in [0.25, 0.3) is 0 Å². The Hall–Kier alpha value is -1.19. The summed E-state index contributed by atoms with van der Waals surface area (Å²) in [4.78, 5) is 29.1. The molecule has 3 fully saturated rings. The maximum atomic E-state index is 12.3. The monoisotopic (exact) mass is 373 g/mol. The average molecular weight is 373 g/mol. The zero-order chi connectivity index (χ0) is 18.0. The number of rotatable bonds is 6. The number of likely N-dealkylation sites (tertiary alicyclic amines) is 1. The van der Waals surface area contributed by atoms with Gasteiger partial charge in [0.05, 0.1) is 17.9 Å². The fourth-order valence-corrected chi connectivity index (χ4v) is 6.30. The number of carbonyl (C=O) groups is 2. The van der Waals surface area contributed by atoms with Crippen LogP contribution in [0.1, 0.15) is 25.7 Å². The van der Waals surface area contributed by atoms with E-state index >= 15 is 0 Å². The van der Waals surface area contributed by atoms with Gasteiger partial charge < -0.3 is 10.0 Å². The molecule has 1 N–H and O–H groups in total. The first-order chi connectivity index (χ1) is 11.9. The van der Waals surface area contributed by atoms with Gasteiger partial charge in [0, 0.05) is 57.8 Å². The van der Waals surface area contributed by atoms with Gasteiger partial charge in [0.1, 0.15) is 0 Å². The minimum Gasteiger partial charge on any atom is -0.481 e. The predicted molar refractivity (Wildman–Crippen MR) is 92.1 cm³/mol. The topological polar surface area (TPSA) is 98.2 Å². The highest BCUT2D eigenvalue weighted by Gasteiger charge is 2.46. The zero-order valence-corrected chi connectivity index (χ0v) is 15.3. The Kier molecular flexibility index (Phi) is 5.65. The second-order valence-corrected chi connectivity index (χ2v) is 9.42. The molecule has 3 aliphatic rings. The molecular weight excluding hydrogens is 346 g/mol. The Morgan fingerprint density at radius 3 is 1.92 bits per heavy atom. The number of carbonyl (C=O) groups excluding carboxylic acids is 1. The number of carboxylic acid groups (broad SMARTS) is 1. The first kappa shape index (κ1) is 18.6. The Bertz CT molecular complexity index is 617. The van der Waals surface area contributed by atoms with Crippen molar-refractivity contribution in [3.63, 3.8) is 0 Å². The van der Waals surface area contributed by atoms with E-state index in [9.17, 15) is 18.0 Å². The van der Waals surface area contributed by atoms with E-state index in [1.165, 1.54) is 0 Å². The van der Waals surface area contributed by atoms with E-state index in [-0.39, 0.29) is 35.9 Å². The van der Waals surface area contributed by atoms with Gasteiger partial charge in [-0.15, -0.1) is 0 Å². The molecule has 0 spiro atoms. The van der Waals surface area contributed by atoms with Crippen LogP contribution in [0.5, 0.6) is 0 Å². The Labute approximate surface area is 148 Å². The number of carboxylic acids is 1. The van der Waals surface area contributed by atoms with E-state index in [1.54, 1.807) is 0 Å². The predicted octanol–water partition coefficient (Wildman–Crippen LogP) is -0.743. The molecule has 3 saturated heterocycles. The lowest BCUT2D eigenvalue weighted by Gasteiger charge is -2.43. The van der Waals surface area contributed by atoms with E-state index in [0.717, 1.165) is 25.9 Å². The fourth-order valence-electron chi connectivity index (χ4n) is 4.25. The molecule has 0 aromatic carbocycles. The van der Waals surface area contributed by atoms with E-state index < -0.39 is 15.8 Å². The molecule has 1 amide bonds. The summed E-state index contributed by atoms with van der Waals surface area (Å²) < 4.78 is 24.3. The number of amides is 1. The molecule has 3 aliphatic heterocycles. The van der Waals surface area contributed by atoms with Crippen molar-refractivity contribution in [3.05, 3.63) is 0 Å². The van der Waals surface area contributed by atoms with Crippen LogP contribution < -0.4 is 0 Å². The second kappa shape index (κ2) is 7.59. The lowest BCUT2D eigenvalue weighted by Crippen LogP contribution is -2.59. The molecule has 3 heterocycles. The van der Waals surface area contributed by atoms with Crippen LogP contribution in [0.4, 0.5) is 0 Å². The van der Waals surface area contributed by atoms with E-state index in [0.29, 0.717) is 32.6 Å². The molecule has 0 aliphatic carbocycles. The van der Waals surface area contributed by atoms with Crippen molar-refractivity contribution in [1.82, 2.24) is 14.7 Å². The van der Waals surface area contributed by atoms with Crippen LogP contribution in [0, 0.1) is 0 Å². The number of fused-ring (bicyclic) bond motifs is 1. The average Bonchev–Trinajstić information content (AvgIpc) is 3.17. The maximum Gasteiger partial charge on any atom is 0.304 e. The molecule has 0 aromatic heterocycles. The molecule has 3 rings (SSSR count). The SMILES string of the molecule is O=C(O)CCN1CCN(CCC(=O)N2CCCC2)[C@H]2CS(=O)(=O)C[C@H]21. The smallest absolute Gasteiger partial charge is 0.304 e. The van der Waals surface area contributed by atoms with Gasteiger partial charge in [-0.1, -0.05) is 0 Å². The number of piperazine rings is 1. The van der Waals surface area contributed by atoms with Gasteiger partial charge in [-0.25, -0.2) is 8.42 Å². The molecule has 2 atom stereocenters. The van der Waals surface area contributed by atoms with Crippen molar-refractivity contribution in [2.24, 2.45) is 0 Å². The molecule has 9 heteroatoms. The summed E-state index contributed by atoms with van der Waals surface area (Å²) in [5.41, 5.74) is 0. The van der Waals surface area contributed by atoms with Gasteiger partial charge in [0.2, 0.25) is 5.91 Å². The highest BCUT2D eigenvalue weighted by Crippen LogP contribution is 2.27. The Morgan fingerprint density at radius 2 is 1.40 bits per heavy atom. The highest BCUT2D eigenvalue weighted by molar-refractivity contribution is 7.91. The van der Waals surface area contributed by atoms with Gasteiger partial charge >= 0.3 is 5.97 Å². The van der Waals surface area contributed by atoms with Gasteiger partial charge in [0.15, 0.2) is 9.84 Å². The standard InChI is InChI=1S/C16H27N3O5S/c20-15(19-5-1-2-6-19)3-7-17-9-10-18(8-4-16(21)22)14-12-25(23,24)11-13(14)17/h13-14H,1-12H2,(H,21,22)/t13-,14+/m0/s1. The lowest BCUT2D eigenvalue weighted by molar-refractivity contribution is -0.138. The number of hydrogen-bond donors (Lipinski definition) is 1. The molecule has 0 saturated carbocycles. The van der Waals surface area contributed by atoms with Crippen LogP contribution in [-0.4, -0.2) is 103 Å². The largest absolute Gasteiger partial charge is 0.481 e. The quantitative estimate of drug-likeness (QED) is 0.654. The first-order valence-corrected chi connectivity index (χ1v) is 10.9. The summed E-state index contributed by atoms with van der Waals surface area (Å²) in [7, 11) is -3.11. The Balaban J connectivity index is 1.60. The van der Waals surface area contributed by atoms with Crippen LogP contribution in [0.2, 0.25) is 0 Å². The van der Waals surface area contributed by atoms with Crippen LogP contribution in [0.25, 0.3) is 0 Å². The molecule has 0 unspecified atom stereocenters. The first-order valence-electron chi connectivity index (χ1n) is 9.04. The summed E-state index contributed by atoms with van der Waals surface area (Å²) in [6.07, 6.45) is 2.59. The van der Waals surface area contributed by atoms with Crippen LogP contribution in [0.3, 0.4) is 0 Å². The van der Waals surface area contributed by atoms with Crippen molar-refractivity contribution in [3.8, 4) is 0 Å². The number of nitrogens with zero attached hydrogens (tertiary/aromatic N) is 3. The Morgan fingerprint density at radius 1 is 0.880 bits per heavy atom. The second-order valence-electron chi connectivity index (χ2n) is 7.27. The minimum atomic E-state index is -3.11. The van der Waals surface area contributed by atoms with Gasteiger partial charge in [-0.3, -0.25) is 19.4 Å². The molecule has 8 nitrogen and oxygen atoms in total. The van der Waals surface area contributed by atoms with Crippen LogP contribution >= 0.6 is 0 Å². The van der Waals surface area contributed by atoms with Crippen molar-refractivity contribution in [1.29, 1.82) is 0 Å². The van der Waals surface area contributed by atoms with Gasteiger partial charge in [-0.05, 0) is 12.8 Å². The summed E-state index contributed by atoms with van der Waals surface area (Å²) in [6.45, 7) is 3.97. The molecule has 25 heavy (non-hydrogen) atoms. The van der Waals surface area contributed by atoms with Crippen molar-refractivity contribution >= 4 is 21.7 Å². The molecular formula is C16H27N3O5S. The van der Waals surface area contributed by atoms with Gasteiger partial charge in [-0.2, -0.15) is 0 Å². The summed E-state index contributed by atoms with van der Waals surface area (Å²) in [5, 5.41) is 8.89. The van der Waals surface area contributed by atoms with Crippen molar-refractivity contribution in [2.45, 2.75) is 37.8 Å². The third kappa shape index (κ3) is 4.51. The van der Waals surface area contributed by atoms with Crippen LogP contribution in [-0.2, 0) is 19.4 Å². The number of sulfone groups is 1. The highest BCUT2D eigenvalue weighted by atomic mass is 32.2. The third-order valence-corrected chi connectivity index (χ3v) is 7.29. The molecule has 0 radical (unpaired) electrons. The number of aliphatic carboxylic acids is 1. The normalized spacial score (nSPS) is 29.7. The zero-order valence-electron chi connectivity index (χ0n) is 14.5. The summed E-state index contributed by atoms with van der Waals surface area (Å²) in [5.74, 6) is -0.508. The van der Waals surface area contributed by atoms with E-state index in [1.807, 2.05) is 9.80 Å². The number of hydrogen-bond acceptors (Lipinski definition) is 6. The lowest BCUT2D eigenvalue weighted by atomic mass is 10.0. The summed E-state index contributed by atoms with van der Waals surface area (Å²) in [6, 6.07) is -0.279. The summed E-state index contributed by atoms with van der Waals surface area (Å²) >= 11 is 0. The van der Waals surface area contributed by atoms with Crippen molar-refractivity contribution in [2.75, 3.05) is 50.8 Å². The molecule has 142 valence electrons.